The van der Waals surface area contributed by atoms with E-state index in [1.807, 2.05) is 0 Å². The Morgan fingerprint density at radius 2 is 2.00 bits per heavy atom. The Kier molecular flexibility index (Phi) is 3.07. The fourth-order valence-corrected chi connectivity index (χ4v) is 2.75. The Bertz CT molecular complexity index is 260. The van der Waals surface area contributed by atoms with Crippen molar-refractivity contribution < 1.29 is 0 Å². The molecule has 0 aromatic rings. The Hall–Kier alpha value is -0.560. The molecule has 0 amide bonds. The van der Waals surface area contributed by atoms with Crippen molar-refractivity contribution in [1.82, 2.24) is 4.90 Å². The van der Waals surface area contributed by atoms with Gasteiger partial charge in [-0.15, -0.1) is 0 Å². The number of rotatable bonds is 1. The summed E-state index contributed by atoms with van der Waals surface area (Å²) >= 11 is 0. The Balaban J connectivity index is 2.27. The maximum absolute atomic E-state index is 2.40. The Labute approximate surface area is 87.5 Å². The van der Waals surface area contributed by atoms with Crippen LogP contribution in [-0.4, -0.2) is 25.0 Å². The number of hydrogen-bond donors (Lipinski definition) is 0. The summed E-state index contributed by atoms with van der Waals surface area (Å²) in [5.41, 5.74) is 3.38. The summed E-state index contributed by atoms with van der Waals surface area (Å²) in [6.45, 7) is 0. The predicted octanol–water partition coefficient (Wildman–Crippen LogP) is 3.14. The number of hydrogen-bond acceptors (Lipinski definition) is 1. The molecule has 1 nitrogen and oxygen atoms in total. The van der Waals surface area contributed by atoms with Gasteiger partial charge < -0.3 is 4.90 Å². The first-order valence-electron chi connectivity index (χ1n) is 5.84. The lowest BCUT2D eigenvalue weighted by atomic mass is 9.87. The summed E-state index contributed by atoms with van der Waals surface area (Å²) in [6.07, 6.45) is 12.7. The zero-order valence-corrected chi connectivity index (χ0v) is 9.42. The van der Waals surface area contributed by atoms with Crippen molar-refractivity contribution in [3.8, 4) is 0 Å². The van der Waals surface area contributed by atoms with Crippen LogP contribution in [0.2, 0.25) is 0 Å². The maximum atomic E-state index is 2.40. The molecular formula is C13H21N. The molecule has 0 saturated heterocycles. The van der Waals surface area contributed by atoms with Crippen LogP contribution in [0.3, 0.4) is 0 Å². The largest absolute Gasteiger partial charge is 0.303 e. The second-order valence-corrected chi connectivity index (χ2v) is 4.72. The van der Waals surface area contributed by atoms with Gasteiger partial charge >= 0.3 is 0 Å². The van der Waals surface area contributed by atoms with Gasteiger partial charge in [-0.1, -0.05) is 12.2 Å². The van der Waals surface area contributed by atoms with E-state index in [4.69, 9.17) is 0 Å². The van der Waals surface area contributed by atoms with Gasteiger partial charge in [0.1, 0.15) is 0 Å². The number of nitrogens with zero attached hydrogens (tertiary/aromatic N) is 1. The molecule has 0 bridgehead atoms. The van der Waals surface area contributed by atoms with Crippen molar-refractivity contribution in [2.75, 3.05) is 14.1 Å². The van der Waals surface area contributed by atoms with E-state index in [1.165, 1.54) is 38.5 Å². The molecule has 0 heterocycles. The molecule has 0 aliphatic heterocycles. The van der Waals surface area contributed by atoms with Gasteiger partial charge in [0.2, 0.25) is 0 Å². The first-order chi connectivity index (χ1) is 6.79. The average Bonchev–Trinajstić information content (AvgIpc) is 2.39. The summed E-state index contributed by atoms with van der Waals surface area (Å²) in [7, 11) is 4.43. The van der Waals surface area contributed by atoms with Crippen molar-refractivity contribution in [2.45, 2.75) is 44.6 Å². The van der Waals surface area contributed by atoms with E-state index in [-0.39, 0.29) is 0 Å². The van der Waals surface area contributed by atoms with E-state index < -0.39 is 0 Å². The molecule has 1 unspecified atom stereocenters. The predicted molar refractivity (Wildman–Crippen MR) is 61.3 cm³/mol. The quantitative estimate of drug-likeness (QED) is 0.615. The van der Waals surface area contributed by atoms with Crippen LogP contribution in [-0.2, 0) is 0 Å². The van der Waals surface area contributed by atoms with Gasteiger partial charge in [-0.3, -0.25) is 0 Å². The SMILES string of the molecule is CN(C)C1CCC=CC2=C1CCCC2. The molecule has 2 aliphatic rings. The second kappa shape index (κ2) is 4.31. The summed E-state index contributed by atoms with van der Waals surface area (Å²) in [5, 5.41) is 0. The lowest BCUT2D eigenvalue weighted by Gasteiger charge is -2.30. The molecule has 1 heteroatoms. The van der Waals surface area contributed by atoms with Gasteiger partial charge in [0.15, 0.2) is 0 Å². The third-order valence-electron chi connectivity index (χ3n) is 3.51. The molecule has 0 aromatic heterocycles. The highest BCUT2D eigenvalue weighted by Crippen LogP contribution is 2.33. The van der Waals surface area contributed by atoms with E-state index in [1.54, 1.807) is 11.1 Å². The van der Waals surface area contributed by atoms with Crippen molar-refractivity contribution >= 4 is 0 Å². The topological polar surface area (TPSA) is 3.24 Å². The molecule has 2 aliphatic carbocycles. The normalized spacial score (nSPS) is 27.8. The first-order valence-corrected chi connectivity index (χ1v) is 5.84. The van der Waals surface area contributed by atoms with E-state index in [2.05, 4.69) is 31.1 Å². The molecule has 0 spiro atoms. The van der Waals surface area contributed by atoms with Crippen LogP contribution in [0, 0.1) is 0 Å². The third kappa shape index (κ3) is 1.93. The molecule has 0 saturated carbocycles. The highest BCUT2D eigenvalue weighted by atomic mass is 15.1. The monoisotopic (exact) mass is 191 g/mol. The number of likely N-dealkylation sites (N-methyl/N-ethyl adjacent to an activating group) is 1. The van der Waals surface area contributed by atoms with E-state index in [0.717, 1.165) is 0 Å². The van der Waals surface area contributed by atoms with Crippen molar-refractivity contribution in [2.24, 2.45) is 0 Å². The summed E-state index contributed by atoms with van der Waals surface area (Å²) in [6, 6.07) is 0.709. The molecular weight excluding hydrogens is 170 g/mol. The molecule has 78 valence electrons. The molecule has 0 N–H and O–H groups in total. The van der Waals surface area contributed by atoms with Crippen molar-refractivity contribution in [1.29, 1.82) is 0 Å². The Morgan fingerprint density at radius 1 is 1.21 bits per heavy atom. The lowest BCUT2D eigenvalue weighted by molar-refractivity contribution is 0.306. The third-order valence-corrected chi connectivity index (χ3v) is 3.51. The van der Waals surface area contributed by atoms with Crippen LogP contribution in [0.25, 0.3) is 0 Å². The Morgan fingerprint density at radius 3 is 2.79 bits per heavy atom. The van der Waals surface area contributed by atoms with E-state index >= 15 is 0 Å². The lowest BCUT2D eigenvalue weighted by Crippen LogP contribution is -2.30. The highest BCUT2D eigenvalue weighted by Gasteiger charge is 2.22. The van der Waals surface area contributed by atoms with E-state index in [0.29, 0.717) is 6.04 Å². The average molecular weight is 191 g/mol. The van der Waals surface area contributed by atoms with Crippen molar-refractivity contribution in [3.05, 3.63) is 23.3 Å². The smallest absolute Gasteiger partial charge is 0.0310 e. The summed E-state index contributed by atoms with van der Waals surface area (Å²) in [4.78, 5) is 2.40. The van der Waals surface area contributed by atoms with Crippen LogP contribution in [0.1, 0.15) is 38.5 Å². The minimum Gasteiger partial charge on any atom is -0.303 e. The van der Waals surface area contributed by atoms with Gasteiger partial charge in [-0.25, -0.2) is 0 Å². The van der Waals surface area contributed by atoms with Gasteiger partial charge in [-0.05, 0) is 63.8 Å². The fourth-order valence-electron chi connectivity index (χ4n) is 2.75. The fraction of sp³-hybridized carbons (Fsp3) is 0.692. The van der Waals surface area contributed by atoms with Gasteiger partial charge in [0, 0.05) is 6.04 Å². The van der Waals surface area contributed by atoms with Crippen LogP contribution in [0.15, 0.2) is 23.3 Å². The van der Waals surface area contributed by atoms with Crippen LogP contribution in [0.5, 0.6) is 0 Å². The highest BCUT2D eigenvalue weighted by molar-refractivity contribution is 5.32. The minimum absolute atomic E-state index is 0.709. The molecule has 0 radical (unpaired) electrons. The van der Waals surface area contributed by atoms with Crippen LogP contribution >= 0.6 is 0 Å². The molecule has 1 atom stereocenters. The minimum atomic E-state index is 0.709. The van der Waals surface area contributed by atoms with E-state index in [9.17, 15) is 0 Å². The second-order valence-electron chi connectivity index (χ2n) is 4.72. The van der Waals surface area contributed by atoms with Gasteiger partial charge in [-0.2, -0.15) is 0 Å². The van der Waals surface area contributed by atoms with Crippen LogP contribution < -0.4 is 0 Å². The van der Waals surface area contributed by atoms with Gasteiger partial charge in [0.05, 0.1) is 0 Å². The zero-order chi connectivity index (χ0) is 9.97. The molecule has 2 rings (SSSR count). The van der Waals surface area contributed by atoms with Gasteiger partial charge in [0.25, 0.3) is 0 Å². The summed E-state index contributed by atoms with van der Waals surface area (Å²) in [5.74, 6) is 0. The molecule has 0 aromatic carbocycles. The number of allylic oxidation sites excluding steroid dienone is 3. The maximum Gasteiger partial charge on any atom is 0.0310 e. The zero-order valence-electron chi connectivity index (χ0n) is 9.42. The van der Waals surface area contributed by atoms with Crippen molar-refractivity contribution in [3.63, 3.8) is 0 Å². The molecule has 14 heavy (non-hydrogen) atoms. The summed E-state index contributed by atoms with van der Waals surface area (Å²) < 4.78 is 0. The molecule has 0 fully saturated rings. The first kappa shape index (κ1) is 9.97. The standard InChI is InChI=1S/C13H21N/c1-14(2)13-10-6-4-8-11-7-3-5-9-12(11)13/h4,8,13H,3,5-7,9-10H2,1-2H3. The van der Waals surface area contributed by atoms with Crippen LogP contribution in [0.4, 0.5) is 0 Å².